The van der Waals surface area contributed by atoms with Gasteiger partial charge in [0.15, 0.2) is 0 Å². The van der Waals surface area contributed by atoms with Crippen LogP contribution in [0, 0.1) is 0 Å². The van der Waals surface area contributed by atoms with E-state index >= 15 is 0 Å². The maximum absolute atomic E-state index is 11.1. The third-order valence-electron chi connectivity index (χ3n) is 2.22. The van der Waals surface area contributed by atoms with Crippen molar-refractivity contribution in [3.63, 3.8) is 0 Å². The lowest BCUT2D eigenvalue weighted by Gasteiger charge is -2.28. The molecule has 0 aromatic rings. The summed E-state index contributed by atoms with van der Waals surface area (Å²) in [6.07, 6.45) is 1.68. The fraction of sp³-hybridized carbons (Fsp3) is 0.889. The maximum atomic E-state index is 11.1. The van der Waals surface area contributed by atoms with Crippen LogP contribution in [0.2, 0.25) is 0 Å². The predicted octanol–water partition coefficient (Wildman–Crippen LogP) is 0.873. The van der Waals surface area contributed by atoms with E-state index in [0.717, 1.165) is 19.4 Å². The van der Waals surface area contributed by atoms with E-state index < -0.39 is 0 Å². The highest BCUT2D eigenvalue weighted by molar-refractivity contribution is 5.67. The van der Waals surface area contributed by atoms with Crippen molar-refractivity contribution in [2.45, 2.75) is 38.8 Å². The minimum atomic E-state index is -0.290. The van der Waals surface area contributed by atoms with Gasteiger partial charge in [0.25, 0.3) is 0 Å². The number of nitrogens with one attached hydrogen (secondary N) is 2. The minimum Gasteiger partial charge on any atom is -0.450 e. The van der Waals surface area contributed by atoms with Crippen LogP contribution in [0.1, 0.15) is 26.7 Å². The molecule has 4 heteroatoms. The van der Waals surface area contributed by atoms with Crippen LogP contribution >= 0.6 is 0 Å². The molecule has 0 radical (unpaired) electrons. The Morgan fingerprint density at radius 2 is 2.46 bits per heavy atom. The van der Waals surface area contributed by atoms with Crippen molar-refractivity contribution in [2.24, 2.45) is 0 Å². The molecule has 1 amide bonds. The molecule has 1 saturated heterocycles. The fourth-order valence-electron chi connectivity index (χ4n) is 1.60. The standard InChI is InChI=1S/C9H18N2O2/c1-3-13-9(12)11-8-4-5-10-7(2)6-8/h7-8,10H,3-6H2,1-2H3,(H,11,12). The number of piperidine rings is 1. The second-order valence-corrected chi connectivity index (χ2v) is 3.44. The third kappa shape index (κ3) is 3.63. The first-order valence-electron chi connectivity index (χ1n) is 4.89. The van der Waals surface area contributed by atoms with Crippen molar-refractivity contribution in [3.8, 4) is 0 Å². The third-order valence-corrected chi connectivity index (χ3v) is 2.22. The molecule has 0 spiro atoms. The first kappa shape index (κ1) is 10.3. The number of ether oxygens (including phenoxy) is 1. The maximum Gasteiger partial charge on any atom is 0.407 e. The molecular weight excluding hydrogens is 168 g/mol. The van der Waals surface area contributed by atoms with E-state index in [1.807, 2.05) is 6.92 Å². The van der Waals surface area contributed by atoms with Crippen LogP contribution in [0.3, 0.4) is 0 Å². The van der Waals surface area contributed by atoms with Crippen molar-refractivity contribution in [3.05, 3.63) is 0 Å². The Hall–Kier alpha value is -0.770. The smallest absolute Gasteiger partial charge is 0.407 e. The Kier molecular flexibility index (Phi) is 4.02. The molecule has 0 bridgehead atoms. The molecule has 0 aliphatic carbocycles. The monoisotopic (exact) mass is 186 g/mol. The zero-order chi connectivity index (χ0) is 9.68. The summed E-state index contributed by atoms with van der Waals surface area (Å²) in [5.74, 6) is 0. The van der Waals surface area contributed by atoms with E-state index in [1.165, 1.54) is 0 Å². The van der Waals surface area contributed by atoms with Crippen LogP contribution in [0.25, 0.3) is 0 Å². The zero-order valence-corrected chi connectivity index (χ0v) is 8.30. The molecule has 2 N–H and O–H groups in total. The zero-order valence-electron chi connectivity index (χ0n) is 8.30. The Morgan fingerprint density at radius 3 is 3.08 bits per heavy atom. The SMILES string of the molecule is CCOC(=O)NC1CCNC(C)C1. The highest BCUT2D eigenvalue weighted by Crippen LogP contribution is 2.07. The van der Waals surface area contributed by atoms with Crippen LogP contribution in [0.4, 0.5) is 4.79 Å². The second-order valence-electron chi connectivity index (χ2n) is 3.44. The van der Waals surface area contributed by atoms with Crippen LogP contribution in [-0.4, -0.2) is 31.3 Å². The van der Waals surface area contributed by atoms with Crippen molar-refractivity contribution in [1.29, 1.82) is 0 Å². The van der Waals surface area contributed by atoms with E-state index in [9.17, 15) is 4.79 Å². The molecule has 1 aliphatic rings. The normalized spacial score (nSPS) is 28.2. The molecule has 1 heterocycles. The van der Waals surface area contributed by atoms with Crippen molar-refractivity contribution in [1.82, 2.24) is 10.6 Å². The number of rotatable bonds is 2. The van der Waals surface area contributed by atoms with Crippen LogP contribution in [0.5, 0.6) is 0 Å². The molecule has 13 heavy (non-hydrogen) atoms. The van der Waals surface area contributed by atoms with Gasteiger partial charge in [-0.05, 0) is 33.2 Å². The summed E-state index contributed by atoms with van der Waals surface area (Å²) in [6.45, 7) is 5.34. The van der Waals surface area contributed by atoms with Crippen molar-refractivity contribution in [2.75, 3.05) is 13.2 Å². The number of alkyl carbamates (subject to hydrolysis) is 1. The average molecular weight is 186 g/mol. The fourth-order valence-corrected chi connectivity index (χ4v) is 1.60. The summed E-state index contributed by atoms with van der Waals surface area (Å²) in [5.41, 5.74) is 0. The molecular formula is C9H18N2O2. The number of carbonyl (C=O) groups excluding carboxylic acids is 1. The molecule has 1 rings (SSSR count). The molecule has 0 aromatic heterocycles. The van der Waals surface area contributed by atoms with E-state index in [-0.39, 0.29) is 12.1 Å². The Balaban J connectivity index is 2.23. The topological polar surface area (TPSA) is 50.4 Å². The largest absolute Gasteiger partial charge is 0.450 e. The lowest BCUT2D eigenvalue weighted by molar-refractivity contribution is 0.144. The summed E-state index contributed by atoms with van der Waals surface area (Å²) in [4.78, 5) is 11.1. The Bertz CT molecular complexity index is 173. The second kappa shape index (κ2) is 5.07. The number of amides is 1. The lowest BCUT2D eigenvalue weighted by Crippen LogP contribution is -2.46. The highest BCUT2D eigenvalue weighted by Gasteiger charge is 2.19. The predicted molar refractivity (Wildman–Crippen MR) is 50.6 cm³/mol. The first-order chi connectivity index (χ1) is 6.22. The number of hydrogen-bond acceptors (Lipinski definition) is 3. The molecule has 2 unspecified atom stereocenters. The van der Waals surface area contributed by atoms with Crippen LogP contribution in [0.15, 0.2) is 0 Å². The molecule has 0 saturated carbocycles. The van der Waals surface area contributed by atoms with Crippen molar-refractivity contribution >= 4 is 6.09 Å². The summed E-state index contributed by atoms with van der Waals surface area (Å²) >= 11 is 0. The molecule has 0 aromatic carbocycles. The average Bonchev–Trinajstić information content (AvgIpc) is 2.04. The molecule has 76 valence electrons. The van der Waals surface area contributed by atoms with Crippen molar-refractivity contribution < 1.29 is 9.53 Å². The number of hydrogen-bond donors (Lipinski definition) is 2. The minimum absolute atomic E-state index is 0.273. The van der Waals surface area contributed by atoms with E-state index in [4.69, 9.17) is 4.74 Å². The summed E-state index contributed by atoms with van der Waals surface area (Å²) in [5, 5.41) is 6.17. The van der Waals surface area contributed by atoms with Gasteiger partial charge in [0, 0.05) is 12.1 Å². The van der Waals surface area contributed by atoms with Gasteiger partial charge in [-0.3, -0.25) is 0 Å². The van der Waals surface area contributed by atoms with Gasteiger partial charge in [0.05, 0.1) is 6.61 Å². The molecule has 1 fully saturated rings. The quantitative estimate of drug-likeness (QED) is 0.673. The van der Waals surface area contributed by atoms with E-state index in [0.29, 0.717) is 12.6 Å². The van der Waals surface area contributed by atoms with Gasteiger partial charge >= 0.3 is 6.09 Å². The van der Waals surface area contributed by atoms with Gasteiger partial charge in [-0.2, -0.15) is 0 Å². The highest BCUT2D eigenvalue weighted by atomic mass is 16.5. The van der Waals surface area contributed by atoms with Gasteiger partial charge in [0.1, 0.15) is 0 Å². The Morgan fingerprint density at radius 1 is 1.69 bits per heavy atom. The number of carbonyl (C=O) groups is 1. The molecule has 4 nitrogen and oxygen atoms in total. The first-order valence-corrected chi connectivity index (χ1v) is 4.89. The van der Waals surface area contributed by atoms with Gasteiger partial charge < -0.3 is 15.4 Å². The van der Waals surface area contributed by atoms with E-state index in [1.54, 1.807) is 0 Å². The lowest BCUT2D eigenvalue weighted by atomic mass is 10.0. The van der Waals surface area contributed by atoms with E-state index in [2.05, 4.69) is 17.6 Å². The van der Waals surface area contributed by atoms with Crippen LogP contribution in [-0.2, 0) is 4.74 Å². The summed E-state index contributed by atoms with van der Waals surface area (Å²) in [7, 11) is 0. The van der Waals surface area contributed by atoms with Crippen LogP contribution < -0.4 is 10.6 Å². The van der Waals surface area contributed by atoms with Gasteiger partial charge in [-0.15, -0.1) is 0 Å². The molecule has 2 atom stereocenters. The summed E-state index contributed by atoms with van der Waals surface area (Å²) < 4.78 is 4.81. The van der Waals surface area contributed by atoms with Gasteiger partial charge in [-0.1, -0.05) is 0 Å². The summed E-state index contributed by atoms with van der Waals surface area (Å²) in [6, 6.07) is 0.760. The molecule has 1 aliphatic heterocycles. The van der Waals surface area contributed by atoms with Gasteiger partial charge in [-0.25, -0.2) is 4.79 Å². The Labute approximate surface area is 79.0 Å². The van der Waals surface area contributed by atoms with Gasteiger partial charge in [0.2, 0.25) is 0 Å².